The summed E-state index contributed by atoms with van der Waals surface area (Å²) in [7, 11) is 0. The number of phenolic OH excluding ortho intramolecular Hbond substituents is 1. The minimum absolute atomic E-state index is 0.164. The molecule has 0 spiro atoms. The van der Waals surface area contributed by atoms with E-state index in [1.165, 1.54) is 0 Å². The van der Waals surface area contributed by atoms with Gasteiger partial charge >= 0.3 is 0 Å². The highest BCUT2D eigenvalue weighted by molar-refractivity contribution is 9.10. The van der Waals surface area contributed by atoms with Crippen molar-refractivity contribution in [1.29, 1.82) is 0 Å². The van der Waals surface area contributed by atoms with Crippen LogP contribution in [-0.4, -0.2) is 16.3 Å². The van der Waals surface area contributed by atoms with E-state index >= 15 is 0 Å². The first-order chi connectivity index (χ1) is 8.16. The molecule has 0 amide bonds. The quantitative estimate of drug-likeness (QED) is 0.674. The smallest absolute Gasteiger partial charge is 0.154 e. The van der Waals surface area contributed by atoms with Crippen LogP contribution in [0.2, 0.25) is 5.15 Å². The van der Waals surface area contributed by atoms with Gasteiger partial charge in [0, 0.05) is 22.4 Å². The van der Waals surface area contributed by atoms with Crippen LogP contribution in [0.25, 0.3) is 0 Å². The van der Waals surface area contributed by atoms with E-state index in [4.69, 9.17) is 11.6 Å². The minimum Gasteiger partial charge on any atom is -0.507 e. The SMILES string of the molecule is Oc1ccc(Br)cc1C=Nc1cccnc1Cl. The van der Waals surface area contributed by atoms with Gasteiger partial charge in [0.1, 0.15) is 11.4 Å². The summed E-state index contributed by atoms with van der Waals surface area (Å²) in [5.74, 6) is 0.164. The largest absolute Gasteiger partial charge is 0.507 e. The number of rotatable bonds is 2. The van der Waals surface area contributed by atoms with E-state index in [-0.39, 0.29) is 5.75 Å². The Bertz CT molecular complexity index is 572. The van der Waals surface area contributed by atoms with E-state index in [2.05, 4.69) is 25.9 Å². The third-order valence-electron chi connectivity index (χ3n) is 2.07. The molecule has 1 aromatic carbocycles. The molecule has 5 heteroatoms. The summed E-state index contributed by atoms with van der Waals surface area (Å²) < 4.78 is 0.869. The first kappa shape index (κ1) is 12.1. The van der Waals surface area contributed by atoms with Gasteiger partial charge in [0.05, 0.1) is 0 Å². The number of aromatic nitrogens is 1. The summed E-state index contributed by atoms with van der Waals surface area (Å²) in [6, 6.07) is 8.61. The summed E-state index contributed by atoms with van der Waals surface area (Å²) in [5, 5.41) is 9.95. The standard InChI is InChI=1S/C12H8BrClN2O/c13-9-3-4-11(17)8(6-9)7-16-10-2-1-5-15-12(10)14/h1-7,17H. The Labute approximate surface area is 112 Å². The predicted octanol–water partition coefficient (Wildman–Crippen LogP) is 3.95. The molecule has 0 aliphatic rings. The van der Waals surface area contributed by atoms with E-state index in [1.807, 2.05) is 0 Å². The Morgan fingerprint density at radius 1 is 1.35 bits per heavy atom. The molecule has 0 bridgehead atoms. The summed E-state index contributed by atoms with van der Waals surface area (Å²) in [5.41, 5.74) is 1.17. The van der Waals surface area contributed by atoms with Gasteiger partial charge in [-0.1, -0.05) is 27.5 Å². The van der Waals surface area contributed by atoms with Crippen molar-refractivity contribution in [2.75, 3.05) is 0 Å². The maximum absolute atomic E-state index is 9.62. The van der Waals surface area contributed by atoms with Crippen molar-refractivity contribution in [2.45, 2.75) is 0 Å². The summed E-state index contributed by atoms with van der Waals surface area (Å²) >= 11 is 9.19. The molecule has 3 nitrogen and oxygen atoms in total. The molecule has 0 atom stereocenters. The van der Waals surface area contributed by atoms with Gasteiger partial charge in [0.25, 0.3) is 0 Å². The van der Waals surface area contributed by atoms with E-state index in [1.54, 1.807) is 42.7 Å². The minimum atomic E-state index is 0.164. The average Bonchev–Trinajstić information content (AvgIpc) is 2.32. The third kappa shape index (κ3) is 3.05. The Morgan fingerprint density at radius 3 is 2.94 bits per heavy atom. The lowest BCUT2D eigenvalue weighted by Gasteiger charge is -1.99. The summed E-state index contributed by atoms with van der Waals surface area (Å²) in [6.45, 7) is 0. The van der Waals surface area contributed by atoms with Crippen LogP contribution in [-0.2, 0) is 0 Å². The molecule has 0 saturated heterocycles. The molecular weight excluding hydrogens is 304 g/mol. The predicted molar refractivity (Wildman–Crippen MR) is 72.3 cm³/mol. The normalized spacial score (nSPS) is 10.9. The van der Waals surface area contributed by atoms with Gasteiger partial charge in [-0.3, -0.25) is 4.99 Å². The number of halogens is 2. The number of pyridine rings is 1. The van der Waals surface area contributed by atoms with E-state index in [0.29, 0.717) is 16.4 Å². The van der Waals surface area contributed by atoms with E-state index in [0.717, 1.165) is 4.47 Å². The van der Waals surface area contributed by atoms with Crippen molar-refractivity contribution in [1.82, 2.24) is 4.98 Å². The Morgan fingerprint density at radius 2 is 2.18 bits per heavy atom. The number of phenols is 1. The van der Waals surface area contributed by atoms with Crippen molar-refractivity contribution < 1.29 is 5.11 Å². The van der Waals surface area contributed by atoms with E-state index in [9.17, 15) is 5.11 Å². The fourth-order valence-corrected chi connectivity index (χ4v) is 1.79. The van der Waals surface area contributed by atoms with Crippen LogP contribution in [0.4, 0.5) is 5.69 Å². The van der Waals surface area contributed by atoms with E-state index < -0.39 is 0 Å². The number of aromatic hydroxyl groups is 1. The lowest BCUT2D eigenvalue weighted by atomic mass is 10.2. The Hall–Kier alpha value is -1.39. The maximum atomic E-state index is 9.62. The molecule has 2 rings (SSSR count). The van der Waals surface area contributed by atoms with Crippen molar-refractivity contribution in [3.05, 3.63) is 51.7 Å². The fourth-order valence-electron chi connectivity index (χ4n) is 1.24. The second-order valence-electron chi connectivity index (χ2n) is 3.27. The van der Waals surface area contributed by atoms with Gasteiger partial charge in [0.2, 0.25) is 0 Å². The number of hydrogen-bond acceptors (Lipinski definition) is 3. The van der Waals surface area contributed by atoms with Crippen molar-refractivity contribution in [3.63, 3.8) is 0 Å². The molecule has 1 aromatic heterocycles. The highest BCUT2D eigenvalue weighted by Gasteiger charge is 2.00. The monoisotopic (exact) mass is 310 g/mol. The summed E-state index contributed by atoms with van der Waals surface area (Å²) in [6.07, 6.45) is 3.14. The molecule has 0 fully saturated rings. The third-order valence-corrected chi connectivity index (χ3v) is 2.86. The van der Waals surface area contributed by atoms with Crippen LogP contribution < -0.4 is 0 Å². The zero-order valence-electron chi connectivity index (χ0n) is 8.64. The average molecular weight is 312 g/mol. The number of aliphatic imine (C=N–C) groups is 1. The lowest BCUT2D eigenvalue weighted by molar-refractivity contribution is 0.474. The molecule has 0 aliphatic carbocycles. The van der Waals surface area contributed by atoms with Crippen LogP contribution in [0.15, 0.2) is 46.0 Å². The van der Waals surface area contributed by atoms with Gasteiger partial charge in [-0.05, 0) is 30.3 Å². The van der Waals surface area contributed by atoms with Gasteiger partial charge in [-0.2, -0.15) is 0 Å². The van der Waals surface area contributed by atoms with Crippen LogP contribution in [0.1, 0.15) is 5.56 Å². The fraction of sp³-hybridized carbons (Fsp3) is 0. The van der Waals surface area contributed by atoms with Gasteiger partial charge in [0.15, 0.2) is 5.15 Å². The highest BCUT2D eigenvalue weighted by Crippen LogP contribution is 2.23. The molecule has 1 heterocycles. The molecule has 0 saturated carbocycles. The molecule has 0 aliphatic heterocycles. The first-order valence-electron chi connectivity index (χ1n) is 4.80. The van der Waals surface area contributed by atoms with Gasteiger partial charge in [-0.25, -0.2) is 4.98 Å². The molecule has 1 N–H and O–H groups in total. The highest BCUT2D eigenvalue weighted by atomic mass is 79.9. The molecule has 2 aromatic rings. The van der Waals surface area contributed by atoms with Crippen LogP contribution >= 0.6 is 27.5 Å². The second-order valence-corrected chi connectivity index (χ2v) is 4.55. The molecule has 0 unspecified atom stereocenters. The zero-order chi connectivity index (χ0) is 12.3. The molecule has 86 valence electrons. The Kier molecular flexibility index (Phi) is 3.76. The Balaban J connectivity index is 2.32. The van der Waals surface area contributed by atoms with Gasteiger partial charge in [-0.15, -0.1) is 0 Å². The van der Waals surface area contributed by atoms with Crippen molar-refractivity contribution in [2.24, 2.45) is 4.99 Å². The van der Waals surface area contributed by atoms with Crippen molar-refractivity contribution in [3.8, 4) is 5.75 Å². The second kappa shape index (κ2) is 5.29. The number of hydrogen-bond donors (Lipinski definition) is 1. The zero-order valence-corrected chi connectivity index (χ0v) is 11.0. The molecular formula is C12H8BrClN2O. The first-order valence-corrected chi connectivity index (χ1v) is 5.97. The topological polar surface area (TPSA) is 45.5 Å². The lowest BCUT2D eigenvalue weighted by Crippen LogP contribution is -1.83. The number of nitrogens with zero attached hydrogens (tertiary/aromatic N) is 2. The summed E-state index contributed by atoms with van der Waals surface area (Å²) in [4.78, 5) is 8.09. The molecule has 17 heavy (non-hydrogen) atoms. The van der Waals surface area contributed by atoms with Crippen LogP contribution in [0.3, 0.4) is 0 Å². The van der Waals surface area contributed by atoms with Crippen molar-refractivity contribution >= 4 is 39.4 Å². The number of benzene rings is 1. The van der Waals surface area contributed by atoms with Crippen LogP contribution in [0, 0.1) is 0 Å². The van der Waals surface area contributed by atoms with Crippen LogP contribution in [0.5, 0.6) is 5.75 Å². The molecule has 0 radical (unpaired) electrons. The maximum Gasteiger partial charge on any atom is 0.154 e. The van der Waals surface area contributed by atoms with Gasteiger partial charge < -0.3 is 5.11 Å².